The van der Waals surface area contributed by atoms with Gasteiger partial charge in [0.2, 0.25) is 6.79 Å². The van der Waals surface area contributed by atoms with E-state index in [-0.39, 0.29) is 31.7 Å². The van der Waals surface area contributed by atoms with Crippen LogP contribution in [0, 0.1) is 0 Å². The van der Waals surface area contributed by atoms with Gasteiger partial charge in [-0.15, -0.1) is 0 Å². The number of hydrogen-bond acceptors (Lipinski definition) is 9. The van der Waals surface area contributed by atoms with Gasteiger partial charge >= 0.3 is 19.9 Å². The highest BCUT2D eigenvalue weighted by atomic mass is 31.2. The summed E-state index contributed by atoms with van der Waals surface area (Å²) >= 11 is 0. The van der Waals surface area contributed by atoms with E-state index in [0.717, 1.165) is 0 Å². The fraction of sp³-hybridized carbons (Fsp3) is 0.864. The SMILES string of the molecule is CC(=O)CCCN(CCC(=O)OC(C)(C)C)C(=O)OCOP(=O)(OC(C)(C)C)OC(C)(C)C. The van der Waals surface area contributed by atoms with E-state index in [0.29, 0.717) is 6.42 Å². The summed E-state index contributed by atoms with van der Waals surface area (Å²) in [6, 6.07) is 0. The van der Waals surface area contributed by atoms with Crippen molar-refractivity contribution >= 4 is 25.7 Å². The van der Waals surface area contributed by atoms with Gasteiger partial charge in [0.1, 0.15) is 11.4 Å². The lowest BCUT2D eigenvalue weighted by molar-refractivity contribution is -0.155. The van der Waals surface area contributed by atoms with Crippen molar-refractivity contribution in [3.8, 4) is 0 Å². The molecule has 0 spiro atoms. The number of carbonyl (C=O) groups excluding carboxylic acids is 3. The molecule has 0 aliphatic heterocycles. The van der Waals surface area contributed by atoms with Crippen LogP contribution >= 0.6 is 7.82 Å². The molecule has 1 amide bonds. The van der Waals surface area contributed by atoms with Crippen LogP contribution < -0.4 is 0 Å². The quantitative estimate of drug-likeness (QED) is 0.203. The van der Waals surface area contributed by atoms with Gasteiger partial charge in [-0.05, 0) is 75.7 Å². The van der Waals surface area contributed by atoms with Crippen LogP contribution in [0.25, 0.3) is 0 Å². The van der Waals surface area contributed by atoms with Crippen molar-refractivity contribution in [3.05, 3.63) is 0 Å². The van der Waals surface area contributed by atoms with Gasteiger partial charge < -0.3 is 19.2 Å². The fourth-order valence-corrected chi connectivity index (χ4v) is 4.07. The summed E-state index contributed by atoms with van der Waals surface area (Å²) in [6.07, 6.45) is -0.161. The molecule has 0 aromatic carbocycles. The van der Waals surface area contributed by atoms with Crippen LogP contribution in [0.3, 0.4) is 0 Å². The number of carbonyl (C=O) groups is 3. The minimum Gasteiger partial charge on any atom is -0.460 e. The number of Topliss-reactive ketones (excluding diaryl/α,β-unsaturated/α-hetero) is 1. The third-order valence-corrected chi connectivity index (χ3v) is 5.35. The molecule has 0 aliphatic carbocycles. The van der Waals surface area contributed by atoms with E-state index in [1.165, 1.54) is 11.8 Å². The van der Waals surface area contributed by atoms with Crippen LogP contribution in [-0.2, 0) is 37.2 Å². The monoisotopic (exact) mass is 495 g/mol. The van der Waals surface area contributed by atoms with Gasteiger partial charge in [0, 0.05) is 19.5 Å². The van der Waals surface area contributed by atoms with E-state index < -0.39 is 43.5 Å². The molecule has 0 heterocycles. The molecule has 0 unspecified atom stereocenters. The average molecular weight is 496 g/mol. The van der Waals surface area contributed by atoms with Gasteiger partial charge in [-0.1, -0.05) is 0 Å². The first-order valence-corrected chi connectivity index (χ1v) is 12.5. The Balaban J connectivity index is 5.10. The van der Waals surface area contributed by atoms with E-state index in [2.05, 4.69) is 0 Å². The Hall–Kier alpha value is -1.48. The second-order valence-electron chi connectivity index (χ2n) is 10.6. The van der Waals surface area contributed by atoms with Crippen molar-refractivity contribution in [2.75, 3.05) is 19.9 Å². The third-order valence-electron chi connectivity index (χ3n) is 3.39. The Morgan fingerprint density at radius 2 is 1.30 bits per heavy atom. The minimum atomic E-state index is -4.05. The molecule has 10 nitrogen and oxygen atoms in total. The van der Waals surface area contributed by atoms with Gasteiger partial charge in [-0.25, -0.2) is 13.9 Å². The van der Waals surface area contributed by atoms with E-state index >= 15 is 0 Å². The van der Waals surface area contributed by atoms with Crippen molar-refractivity contribution in [3.63, 3.8) is 0 Å². The molecule has 0 fully saturated rings. The number of esters is 1. The standard InChI is InChI=1S/C22H42NO9P/c1-17(24)12-11-14-23(15-13-18(25)30-20(2,3)4)19(26)28-16-29-33(27,31-21(5,6)7)32-22(8,9)10/h11-16H2,1-10H3. The summed E-state index contributed by atoms with van der Waals surface area (Å²) in [4.78, 5) is 37.1. The first kappa shape index (κ1) is 31.5. The topological polar surface area (TPSA) is 118 Å². The summed E-state index contributed by atoms with van der Waals surface area (Å²) in [5.74, 6) is -0.483. The molecule has 33 heavy (non-hydrogen) atoms. The summed E-state index contributed by atoms with van der Waals surface area (Å²) in [5, 5.41) is 0. The number of ketones is 1. The lowest BCUT2D eigenvalue weighted by Gasteiger charge is -2.30. The van der Waals surface area contributed by atoms with Gasteiger partial charge in [0.05, 0.1) is 17.6 Å². The summed E-state index contributed by atoms with van der Waals surface area (Å²) in [5.41, 5.74) is -2.32. The number of ether oxygens (including phenoxy) is 2. The fourth-order valence-electron chi connectivity index (χ4n) is 2.41. The molecule has 194 valence electrons. The number of nitrogens with zero attached hydrogens (tertiary/aromatic N) is 1. The van der Waals surface area contributed by atoms with Crippen LogP contribution in [-0.4, -0.2) is 59.4 Å². The number of phosphoric acid groups is 1. The molecule has 0 bridgehead atoms. The van der Waals surface area contributed by atoms with Crippen molar-refractivity contribution in [2.24, 2.45) is 0 Å². The Labute approximate surface area is 198 Å². The lowest BCUT2D eigenvalue weighted by Crippen LogP contribution is -2.36. The molecular formula is C22H42NO9P. The maximum Gasteiger partial charge on any atom is 0.478 e. The van der Waals surface area contributed by atoms with E-state index in [1.54, 1.807) is 62.3 Å². The second-order valence-corrected chi connectivity index (χ2v) is 12.2. The highest BCUT2D eigenvalue weighted by Crippen LogP contribution is 2.55. The number of phosphoric ester groups is 1. The summed E-state index contributed by atoms with van der Waals surface area (Å²) in [7, 11) is -4.05. The molecule has 0 rings (SSSR count). The summed E-state index contributed by atoms with van der Waals surface area (Å²) in [6.45, 7) is 16.4. The normalized spacial score (nSPS) is 12.9. The average Bonchev–Trinajstić information content (AvgIpc) is 2.51. The van der Waals surface area contributed by atoms with Gasteiger partial charge in [-0.3, -0.25) is 13.8 Å². The first-order chi connectivity index (χ1) is 14.7. The number of rotatable bonds is 12. The molecule has 0 aromatic heterocycles. The number of hydrogen-bond donors (Lipinski definition) is 0. The zero-order valence-corrected chi connectivity index (χ0v) is 22.7. The predicted molar refractivity (Wildman–Crippen MR) is 124 cm³/mol. The molecule has 0 saturated carbocycles. The van der Waals surface area contributed by atoms with Crippen LogP contribution in [0.2, 0.25) is 0 Å². The second kappa shape index (κ2) is 12.8. The highest BCUT2D eigenvalue weighted by Gasteiger charge is 2.37. The lowest BCUT2D eigenvalue weighted by atomic mass is 10.2. The molecule has 0 N–H and O–H groups in total. The third kappa shape index (κ3) is 17.6. The zero-order chi connectivity index (χ0) is 26.1. The maximum absolute atomic E-state index is 13.0. The maximum atomic E-state index is 13.0. The Morgan fingerprint density at radius 1 is 0.788 bits per heavy atom. The molecular weight excluding hydrogens is 453 g/mol. The molecule has 0 saturated heterocycles. The van der Waals surface area contributed by atoms with Gasteiger partial charge in [-0.2, -0.15) is 0 Å². The highest BCUT2D eigenvalue weighted by molar-refractivity contribution is 7.48. The van der Waals surface area contributed by atoms with Crippen LogP contribution in [0.1, 0.15) is 88.5 Å². The number of amides is 1. The molecule has 0 aromatic rings. The minimum absolute atomic E-state index is 0.0154. The molecule has 11 heteroatoms. The van der Waals surface area contributed by atoms with Crippen molar-refractivity contribution in [1.82, 2.24) is 4.90 Å². The van der Waals surface area contributed by atoms with Crippen molar-refractivity contribution in [2.45, 2.75) is 105 Å². The zero-order valence-electron chi connectivity index (χ0n) is 21.8. The molecule has 0 radical (unpaired) electrons. The van der Waals surface area contributed by atoms with E-state index in [9.17, 15) is 18.9 Å². The first-order valence-electron chi connectivity index (χ1n) is 11.0. The van der Waals surface area contributed by atoms with E-state index in [4.69, 9.17) is 23.0 Å². The van der Waals surface area contributed by atoms with Gasteiger partial charge in [0.15, 0.2) is 0 Å². The van der Waals surface area contributed by atoms with Crippen LogP contribution in [0.15, 0.2) is 0 Å². The van der Waals surface area contributed by atoms with E-state index in [1.807, 2.05) is 0 Å². The smallest absolute Gasteiger partial charge is 0.460 e. The van der Waals surface area contributed by atoms with Crippen LogP contribution in [0.5, 0.6) is 0 Å². The largest absolute Gasteiger partial charge is 0.478 e. The summed E-state index contributed by atoms with van der Waals surface area (Å²) < 4.78 is 39.6. The van der Waals surface area contributed by atoms with Crippen LogP contribution in [0.4, 0.5) is 4.79 Å². The molecule has 0 aliphatic rings. The Bertz CT molecular complexity index is 682. The van der Waals surface area contributed by atoms with Crippen molar-refractivity contribution < 1.29 is 42.0 Å². The Kier molecular flexibility index (Phi) is 12.3. The van der Waals surface area contributed by atoms with Gasteiger partial charge in [0.25, 0.3) is 0 Å². The Morgan fingerprint density at radius 3 is 1.73 bits per heavy atom. The molecule has 0 atom stereocenters. The predicted octanol–water partition coefficient (Wildman–Crippen LogP) is 5.24. The van der Waals surface area contributed by atoms with Crippen molar-refractivity contribution in [1.29, 1.82) is 0 Å².